The Kier molecular flexibility index (Phi) is 4.29. The van der Waals surface area contributed by atoms with Gasteiger partial charge in [-0.15, -0.1) is 0 Å². The van der Waals surface area contributed by atoms with Gasteiger partial charge in [-0.3, -0.25) is 0 Å². The van der Waals surface area contributed by atoms with Crippen molar-refractivity contribution in [2.75, 3.05) is 0 Å². The highest BCUT2D eigenvalue weighted by molar-refractivity contribution is 8.00. The van der Waals surface area contributed by atoms with E-state index in [4.69, 9.17) is 0 Å². The Morgan fingerprint density at radius 1 is 0.950 bits per heavy atom. The first-order chi connectivity index (χ1) is 9.43. The Morgan fingerprint density at radius 2 is 1.50 bits per heavy atom. The molecule has 2 aromatic carbocycles. The van der Waals surface area contributed by atoms with Crippen molar-refractivity contribution in [1.29, 1.82) is 0 Å². The minimum Gasteiger partial charge on any atom is -0.507 e. The maximum Gasteiger partial charge on any atom is 0.341 e. The molecule has 2 rings (SSSR count). The predicted molar refractivity (Wildman–Crippen MR) is 71.9 cm³/mol. The van der Waals surface area contributed by atoms with Crippen LogP contribution in [0.15, 0.2) is 63.2 Å². The van der Waals surface area contributed by atoms with Crippen LogP contribution in [0.4, 0.5) is 8.78 Å². The summed E-state index contributed by atoms with van der Waals surface area (Å²) in [5.41, 5.74) is 0. The van der Waals surface area contributed by atoms with Gasteiger partial charge in [-0.2, -0.15) is 8.78 Å². The van der Waals surface area contributed by atoms with Gasteiger partial charge < -0.3 is 5.11 Å². The molecule has 1 N–H and O–H groups in total. The molecule has 0 heterocycles. The molecule has 0 aliphatic heterocycles. The third kappa shape index (κ3) is 2.94. The topological polar surface area (TPSA) is 54.4 Å². The number of alkyl halides is 2. The second-order valence-corrected chi connectivity index (χ2v) is 6.79. The third-order valence-electron chi connectivity index (χ3n) is 2.48. The van der Waals surface area contributed by atoms with Crippen molar-refractivity contribution < 1.29 is 22.3 Å². The first-order valence-corrected chi connectivity index (χ1v) is 7.86. The van der Waals surface area contributed by atoms with Gasteiger partial charge in [0, 0.05) is 4.90 Å². The molecule has 0 aliphatic carbocycles. The average molecular weight is 316 g/mol. The van der Waals surface area contributed by atoms with Crippen LogP contribution in [0.2, 0.25) is 0 Å². The van der Waals surface area contributed by atoms with E-state index >= 15 is 0 Å². The van der Waals surface area contributed by atoms with E-state index in [9.17, 15) is 22.3 Å². The lowest BCUT2D eigenvalue weighted by Gasteiger charge is -2.10. The van der Waals surface area contributed by atoms with Crippen molar-refractivity contribution in [3.8, 4) is 5.75 Å². The van der Waals surface area contributed by atoms with Crippen LogP contribution < -0.4 is 0 Å². The van der Waals surface area contributed by atoms with Crippen LogP contribution in [0.5, 0.6) is 5.75 Å². The van der Waals surface area contributed by atoms with E-state index in [0.717, 1.165) is 17.8 Å². The van der Waals surface area contributed by atoms with Gasteiger partial charge in [0.05, 0.1) is 9.79 Å². The van der Waals surface area contributed by atoms with Crippen LogP contribution in [0.3, 0.4) is 0 Å². The first kappa shape index (κ1) is 14.8. The molecule has 0 radical (unpaired) electrons. The monoisotopic (exact) mass is 316 g/mol. The van der Waals surface area contributed by atoms with Crippen LogP contribution in [0.1, 0.15) is 0 Å². The Labute approximate surface area is 119 Å². The number of hydrogen-bond donors (Lipinski definition) is 1. The number of sulfone groups is 1. The molecule has 0 atom stereocenters. The van der Waals surface area contributed by atoms with Crippen molar-refractivity contribution in [1.82, 2.24) is 0 Å². The Bertz CT molecular complexity index is 715. The summed E-state index contributed by atoms with van der Waals surface area (Å²) in [7, 11) is -4.68. The number of rotatable bonds is 4. The van der Waals surface area contributed by atoms with E-state index in [1.165, 1.54) is 18.2 Å². The molecule has 106 valence electrons. The quantitative estimate of drug-likeness (QED) is 0.937. The standard InChI is InChI=1S/C13H10F2O3S2/c14-13(15)20(17,18)12-8-4-3-7-11(12)19-10-6-2-1-5-9(10)16/h1-8,13,16H. The number of hydrogen-bond acceptors (Lipinski definition) is 4. The zero-order chi connectivity index (χ0) is 14.8. The lowest BCUT2D eigenvalue weighted by Crippen LogP contribution is -2.12. The first-order valence-electron chi connectivity index (χ1n) is 5.50. The molecule has 0 saturated carbocycles. The fraction of sp³-hybridized carbons (Fsp3) is 0.0769. The number of para-hydroxylation sites is 1. The smallest absolute Gasteiger partial charge is 0.341 e. The lowest BCUT2D eigenvalue weighted by molar-refractivity contribution is 0.234. The van der Waals surface area contributed by atoms with Gasteiger partial charge in [-0.1, -0.05) is 36.0 Å². The van der Waals surface area contributed by atoms with Crippen molar-refractivity contribution in [2.45, 2.75) is 20.4 Å². The number of phenols is 1. The minimum atomic E-state index is -4.68. The van der Waals surface area contributed by atoms with E-state index < -0.39 is 20.5 Å². The summed E-state index contributed by atoms with van der Waals surface area (Å²) in [4.78, 5) is 0.0990. The Morgan fingerprint density at radius 3 is 2.10 bits per heavy atom. The summed E-state index contributed by atoms with van der Waals surface area (Å²) in [5, 5.41) is 9.66. The summed E-state index contributed by atoms with van der Waals surface area (Å²) in [5.74, 6) is -3.52. The fourth-order valence-electron chi connectivity index (χ4n) is 1.53. The number of benzene rings is 2. The van der Waals surface area contributed by atoms with E-state index in [1.807, 2.05) is 0 Å². The Balaban J connectivity index is 2.47. The minimum absolute atomic E-state index is 0.0400. The van der Waals surface area contributed by atoms with E-state index in [2.05, 4.69) is 0 Å². The molecule has 0 saturated heterocycles. The Hall–Kier alpha value is -1.60. The van der Waals surface area contributed by atoms with Crippen molar-refractivity contribution in [3.05, 3.63) is 48.5 Å². The highest BCUT2D eigenvalue weighted by Crippen LogP contribution is 2.38. The molecule has 0 unspecified atom stereocenters. The molecule has 20 heavy (non-hydrogen) atoms. The van der Waals surface area contributed by atoms with Gasteiger partial charge >= 0.3 is 5.76 Å². The van der Waals surface area contributed by atoms with Gasteiger partial charge in [0.25, 0.3) is 0 Å². The average Bonchev–Trinajstić information content (AvgIpc) is 2.41. The zero-order valence-corrected chi connectivity index (χ0v) is 11.7. The van der Waals surface area contributed by atoms with Crippen LogP contribution >= 0.6 is 11.8 Å². The predicted octanol–water partition coefficient (Wildman–Crippen LogP) is 3.54. The van der Waals surface area contributed by atoms with Crippen LogP contribution in [-0.2, 0) is 9.84 Å². The molecule has 0 aliphatic rings. The van der Waals surface area contributed by atoms with Gasteiger partial charge in [0.1, 0.15) is 5.75 Å². The zero-order valence-electron chi connectivity index (χ0n) is 10.0. The van der Waals surface area contributed by atoms with E-state index in [1.54, 1.807) is 24.3 Å². The van der Waals surface area contributed by atoms with Crippen LogP contribution in [0, 0.1) is 0 Å². The maximum atomic E-state index is 12.6. The highest BCUT2D eigenvalue weighted by Gasteiger charge is 2.29. The van der Waals surface area contributed by atoms with Crippen molar-refractivity contribution in [3.63, 3.8) is 0 Å². The summed E-state index contributed by atoms with van der Waals surface area (Å²) >= 11 is 0.923. The molecular formula is C13H10F2O3S2. The van der Waals surface area contributed by atoms with Gasteiger partial charge in [0.15, 0.2) is 0 Å². The molecule has 0 spiro atoms. The molecule has 0 aromatic heterocycles. The van der Waals surface area contributed by atoms with Crippen molar-refractivity contribution >= 4 is 21.6 Å². The highest BCUT2D eigenvalue weighted by atomic mass is 32.2. The lowest BCUT2D eigenvalue weighted by atomic mass is 10.3. The molecule has 0 fully saturated rings. The number of aromatic hydroxyl groups is 1. The maximum absolute atomic E-state index is 12.6. The number of halogens is 2. The van der Waals surface area contributed by atoms with Gasteiger partial charge in [0.2, 0.25) is 9.84 Å². The normalized spacial score (nSPS) is 11.8. The largest absolute Gasteiger partial charge is 0.507 e. The summed E-state index contributed by atoms with van der Waals surface area (Å²) in [6, 6.07) is 11.8. The van der Waals surface area contributed by atoms with E-state index in [-0.39, 0.29) is 10.6 Å². The molecule has 3 nitrogen and oxygen atoms in total. The summed E-state index contributed by atoms with van der Waals surface area (Å²) in [6.07, 6.45) is 0. The SMILES string of the molecule is O=S(=O)(c1ccccc1Sc1ccccc1O)C(F)F. The molecule has 0 bridgehead atoms. The molecule has 7 heteroatoms. The second-order valence-electron chi connectivity index (χ2n) is 3.82. The molecular weight excluding hydrogens is 306 g/mol. The van der Waals surface area contributed by atoms with Crippen LogP contribution in [-0.4, -0.2) is 19.3 Å². The molecule has 0 amide bonds. The second kappa shape index (κ2) is 5.80. The summed E-state index contributed by atoms with van der Waals surface area (Å²) < 4.78 is 48.5. The van der Waals surface area contributed by atoms with Crippen molar-refractivity contribution in [2.24, 2.45) is 0 Å². The fourth-order valence-corrected chi connectivity index (χ4v) is 3.68. The van der Waals surface area contributed by atoms with Gasteiger partial charge in [-0.25, -0.2) is 8.42 Å². The third-order valence-corrected chi connectivity index (χ3v) is 5.18. The van der Waals surface area contributed by atoms with E-state index in [0.29, 0.717) is 4.90 Å². The van der Waals surface area contributed by atoms with Gasteiger partial charge in [-0.05, 0) is 24.3 Å². The summed E-state index contributed by atoms with van der Waals surface area (Å²) in [6.45, 7) is 0. The molecule has 2 aromatic rings. The number of phenolic OH excluding ortho intramolecular Hbond substituents is 1. The van der Waals surface area contributed by atoms with Crippen LogP contribution in [0.25, 0.3) is 0 Å².